The second kappa shape index (κ2) is 6.83. The normalized spacial score (nSPS) is 11.2. The Kier molecular flexibility index (Phi) is 5.11. The Hall–Kier alpha value is -1.44. The molecule has 0 amide bonds. The van der Waals surface area contributed by atoms with E-state index in [1.54, 1.807) is 0 Å². The minimum absolute atomic E-state index is 1.17. The molecule has 0 fully saturated rings. The van der Waals surface area contributed by atoms with Crippen LogP contribution in [-0.2, 0) is 13.1 Å². The molecule has 2 aromatic heterocycles. The van der Waals surface area contributed by atoms with Crippen LogP contribution in [0.2, 0.25) is 0 Å². The summed E-state index contributed by atoms with van der Waals surface area (Å²) in [7, 11) is 0. The van der Waals surface area contributed by atoms with Gasteiger partial charge in [-0.15, -0.1) is 0 Å². The van der Waals surface area contributed by atoms with Crippen LogP contribution in [0.5, 0.6) is 0 Å². The molecule has 0 saturated heterocycles. The highest BCUT2D eigenvalue weighted by Gasteiger charge is 2.02. The van der Waals surface area contributed by atoms with Gasteiger partial charge in [-0.3, -0.25) is 0 Å². The fourth-order valence-corrected chi connectivity index (χ4v) is 3.00. The number of aryl methyl sites for hydroxylation is 4. The molecule has 2 heterocycles. The third-order valence-electron chi connectivity index (χ3n) is 4.35. The summed E-state index contributed by atoms with van der Waals surface area (Å²) in [6, 6.07) is 8.86. The first-order chi connectivity index (χ1) is 9.59. The molecular formula is C18H28N2. The Labute approximate surface area is 123 Å². The molecule has 0 radical (unpaired) electrons. The van der Waals surface area contributed by atoms with E-state index in [9.17, 15) is 0 Å². The molecule has 2 rings (SSSR count). The largest absolute Gasteiger partial charge is 0.349 e. The molecule has 2 nitrogen and oxygen atoms in total. The third kappa shape index (κ3) is 3.56. The van der Waals surface area contributed by atoms with Crippen molar-refractivity contribution in [1.29, 1.82) is 0 Å². The van der Waals surface area contributed by atoms with Gasteiger partial charge in [-0.05, 0) is 64.8 Å². The third-order valence-corrected chi connectivity index (χ3v) is 4.35. The quantitative estimate of drug-likeness (QED) is 0.642. The molecule has 0 atom stereocenters. The maximum atomic E-state index is 2.43. The Morgan fingerprint density at radius 1 is 0.550 bits per heavy atom. The summed E-state index contributed by atoms with van der Waals surface area (Å²) < 4.78 is 4.86. The second-order valence-corrected chi connectivity index (χ2v) is 5.95. The molecular weight excluding hydrogens is 244 g/mol. The first-order valence-corrected chi connectivity index (χ1v) is 7.85. The van der Waals surface area contributed by atoms with Crippen LogP contribution < -0.4 is 0 Å². The lowest BCUT2D eigenvalue weighted by atomic mass is 10.2. The second-order valence-electron chi connectivity index (χ2n) is 5.95. The zero-order chi connectivity index (χ0) is 14.5. The van der Waals surface area contributed by atoms with Crippen LogP contribution in [0.15, 0.2) is 24.3 Å². The van der Waals surface area contributed by atoms with Crippen molar-refractivity contribution in [2.45, 2.75) is 66.5 Å². The average Bonchev–Trinajstić information content (AvgIpc) is 2.90. The first-order valence-electron chi connectivity index (χ1n) is 7.85. The number of unbranched alkanes of at least 4 members (excludes halogenated alkanes) is 3. The van der Waals surface area contributed by atoms with E-state index in [2.05, 4.69) is 61.1 Å². The highest BCUT2D eigenvalue weighted by atomic mass is 15.0. The Morgan fingerprint density at radius 3 is 1.15 bits per heavy atom. The highest BCUT2D eigenvalue weighted by molar-refractivity contribution is 5.14. The predicted octanol–water partition coefficient (Wildman–Crippen LogP) is 4.78. The summed E-state index contributed by atoms with van der Waals surface area (Å²) in [5, 5.41) is 0. The Bertz CT molecular complexity index is 457. The smallest absolute Gasteiger partial charge is 0.0224 e. The molecule has 20 heavy (non-hydrogen) atoms. The van der Waals surface area contributed by atoms with Gasteiger partial charge < -0.3 is 9.13 Å². The molecule has 0 aliphatic heterocycles. The number of aromatic nitrogens is 2. The summed E-state index contributed by atoms with van der Waals surface area (Å²) in [6.45, 7) is 11.1. The minimum atomic E-state index is 1.17. The Morgan fingerprint density at radius 2 is 0.850 bits per heavy atom. The summed E-state index contributed by atoms with van der Waals surface area (Å²) >= 11 is 0. The maximum absolute atomic E-state index is 2.43. The molecule has 0 aromatic carbocycles. The van der Waals surface area contributed by atoms with Gasteiger partial charge in [-0.25, -0.2) is 0 Å². The van der Waals surface area contributed by atoms with Gasteiger partial charge >= 0.3 is 0 Å². The molecule has 2 heteroatoms. The fraction of sp³-hybridized carbons (Fsp3) is 0.556. The number of nitrogens with zero attached hydrogens (tertiary/aromatic N) is 2. The fourth-order valence-electron chi connectivity index (χ4n) is 3.00. The molecule has 0 N–H and O–H groups in total. The molecule has 0 aliphatic rings. The summed E-state index contributed by atoms with van der Waals surface area (Å²) in [6.07, 6.45) is 5.24. The van der Waals surface area contributed by atoms with Crippen LogP contribution in [0.1, 0.15) is 48.5 Å². The van der Waals surface area contributed by atoms with Gasteiger partial charge in [0.25, 0.3) is 0 Å². The van der Waals surface area contributed by atoms with Gasteiger partial charge in [-0.1, -0.05) is 12.8 Å². The van der Waals surface area contributed by atoms with Crippen LogP contribution in [0.3, 0.4) is 0 Å². The van der Waals surface area contributed by atoms with Crippen molar-refractivity contribution in [2.75, 3.05) is 0 Å². The number of hydrogen-bond donors (Lipinski definition) is 0. The van der Waals surface area contributed by atoms with E-state index in [1.807, 2.05) is 0 Å². The van der Waals surface area contributed by atoms with Crippen LogP contribution >= 0.6 is 0 Å². The van der Waals surface area contributed by atoms with Crippen molar-refractivity contribution in [3.05, 3.63) is 47.0 Å². The summed E-state index contributed by atoms with van der Waals surface area (Å²) in [5.74, 6) is 0. The topological polar surface area (TPSA) is 9.86 Å². The lowest BCUT2D eigenvalue weighted by molar-refractivity contribution is 0.526. The van der Waals surface area contributed by atoms with Crippen LogP contribution in [0, 0.1) is 27.7 Å². The molecule has 0 spiro atoms. The van der Waals surface area contributed by atoms with E-state index in [1.165, 1.54) is 61.5 Å². The molecule has 2 aromatic rings. The van der Waals surface area contributed by atoms with Crippen molar-refractivity contribution in [1.82, 2.24) is 9.13 Å². The predicted molar refractivity (Wildman–Crippen MR) is 86.3 cm³/mol. The standard InChI is InChI=1S/C18H28N2/c1-15-9-10-16(2)19(15)13-7-5-6-8-14-20-17(3)11-12-18(20)4/h9-12H,5-8,13-14H2,1-4H3. The lowest BCUT2D eigenvalue weighted by Crippen LogP contribution is -2.03. The van der Waals surface area contributed by atoms with Gasteiger partial charge in [0.1, 0.15) is 0 Å². The van der Waals surface area contributed by atoms with E-state index in [0.717, 1.165) is 0 Å². The van der Waals surface area contributed by atoms with Gasteiger partial charge in [0, 0.05) is 35.9 Å². The lowest BCUT2D eigenvalue weighted by Gasteiger charge is -2.10. The Balaban J connectivity index is 1.65. The zero-order valence-electron chi connectivity index (χ0n) is 13.4. The van der Waals surface area contributed by atoms with Gasteiger partial charge in [0.2, 0.25) is 0 Å². The molecule has 0 bridgehead atoms. The van der Waals surface area contributed by atoms with Crippen LogP contribution in [0.25, 0.3) is 0 Å². The van der Waals surface area contributed by atoms with Gasteiger partial charge in [0.05, 0.1) is 0 Å². The van der Waals surface area contributed by atoms with E-state index in [0.29, 0.717) is 0 Å². The molecule has 0 aliphatic carbocycles. The maximum Gasteiger partial charge on any atom is 0.0224 e. The monoisotopic (exact) mass is 272 g/mol. The van der Waals surface area contributed by atoms with E-state index < -0.39 is 0 Å². The number of hydrogen-bond acceptors (Lipinski definition) is 0. The molecule has 110 valence electrons. The van der Waals surface area contributed by atoms with Crippen molar-refractivity contribution in [3.8, 4) is 0 Å². The summed E-state index contributed by atoms with van der Waals surface area (Å²) in [4.78, 5) is 0. The highest BCUT2D eigenvalue weighted by Crippen LogP contribution is 2.12. The summed E-state index contributed by atoms with van der Waals surface area (Å²) in [5.41, 5.74) is 5.56. The number of rotatable bonds is 7. The van der Waals surface area contributed by atoms with E-state index >= 15 is 0 Å². The van der Waals surface area contributed by atoms with E-state index in [4.69, 9.17) is 0 Å². The van der Waals surface area contributed by atoms with Crippen molar-refractivity contribution >= 4 is 0 Å². The van der Waals surface area contributed by atoms with Gasteiger partial charge in [0.15, 0.2) is 0 Å². The molecule has 0 unspecified atom stereocenters. The van der Waals surface area contributed by atoms with Crippen molar-refractivity contribution < 1.29 is 0 Å². The van der Waals surface area contributed by atoms with Crippen molar-refractivity contribution in [3.63, 3.8) is 0 Å². The van der Waals surface area contributed by atoms with Crippen molar-refractivity contribution in [2.24, 2.45) is 0 Å². The van der Waals surface area contributed by atoms with Crippen LogP contribution in [-0.4, -0.2) is 9.13 Å². The molecule has 0 saturated carbocycles. The average molecular weight is 272 g/mol. The minimum Gasteiger partial charge on any atom is -0.349 e. The van der Waals surface area contributed by atoms with E-state index in [-0.39, 0.29) is 0 Å². The van der Waals surface area contributed by atoms with Gasteiger partial charge in [-0.2, -0.15) is 0 Å². The van der Waals surface area contributed by atoms with Crippen LogP contribution in [0.4, 0.5) is 0 Å². The first kappa shape index (κ1) is 15.0. The zero-order valence-corrected chi connectivity index (χ0v) is 13.4. The SMILES string of the molecule is Cc1ccc(C)n1CCCCCCn1c(C)ccc1C.